The van der Waals surface area contributed by atoms with Crippen LogP contribution in [0.25, 0.3) is 22.7 Å². The van der Waals surface area contributed by atoms with Crippen molar-refractivity contribution < 1.29 is 9.21 Å². The van der Waals surface area contributed by atoms with Crippen LogP contribution in [0.3, 0.4) is 0 Å². The van der Waals surface area contributed by atoms with E-state index in [2.05, 4.69) is 20.3 Å². The van der Waals surface area contributed by atoms with Crippen LogP contribution in [-0.2, 0) is 4.79 Å². The first-order valence-electron chi connectivity index (χ1n) is 9.34. The largest absolute Gasteiger partial charge is 0.445 e. The molecule has 1 saturated carbocycles. The van der Waals surface area contributed by atoms with Crippen LogP contribution in [-0.4, -0.2) is 20.9 Å². The molecule has 138 valence electrons. The van der Waals surface area contributed by atoms with Crippen molar-refractivity contribution in [2.24, 2.45) is 5.92 Å². The molecule has 1 aliphatic carbocycles. The number of aryl methyl sites for hydroxylation is 1. The maximum absolute atomic E-state index is 12.4. The van der Waals surface area contributed by atoms with E-state index in [0.717, 1.165) is 48.1 Å². The number of aromatic nitrogens is 3. The first-order chi connectivity index (χ1) is 13.2. The molecule has 2 aromatic heterocycles. The summed E-state index contributed by atoms with van der Waals surface area (Å²) < 4.78 is 5.38. The van der Waals surface area contributed by atoms with Gasteiger partial charge in [-0.2, -0.15) is 0 Å². The van der Waals surface area contributed by atoms with Gasteiger partial charge in [0.1, 0.15) is 6.26 Å². The third-order valence-electron chi connectivity index (χ3n) is 5.07. The van der Waals surface area contributed by atoms with E-state index in [1.54, 1.807) is 24.9 Å². The second kappa shape index (κ2) is 7.70. The van der Waals surface area contributed by atoms with Crippen LogP contribution >= 0.6 is 0 Å². The second-order valence-electron chi connectivity index (χ2n) is 6.98. The van der Waals surface area contributed by atoms with Gasteiger partial charge in [0.2, 0.25) is 11.8 Å². The lowest BCUT2D eigenvalue weighted by atomic mass is 9.89. The Morgan fingerprint density at radius 1 is 1.11 bits per heavy atom. The Morgan fingerprint density at radius 2 is 1.96 bits per heavy atom. The van der Waals surface area contributed by atoms with Crippen LogP contribution in [0.2, 0.25) is 0 Å². The summed E-state index contributed by atoms with van der Waals surface area (Å²) >= 11 is 0. The fourth-order valence-corrected chi connectivity index (χ4v) is 3.52. The van der Waals surface area contributed by atoms with Crippen molar-refractivity contribution in [3.05, 3.63) is 48.6 Å². The van der Waals surface area contributed by atoms with E-state index in [-0.39, 0.29) is 11.8 Å². The maximum atomic E-state index is 12.4. The molecular formula is C21H22N4O2. The lowest BCUT2D eigenvalue weighted by molar-refractivity contribution is -0.120. The third-order valence-corrected chi connectivity index (χ3v) is 5.07. The van der Waals surface area contributed by atoms with Crippen LogP contribution in [0.5, 0.6) is 0 Å². The van der Waals surface area contributed by atoms with Crippen molar-refractivity contribution in [3.8, 4) is 22.7 Å². The van der Waals surface area contributed by atoms with Gasteiger partial charge in [0.15, 0.2) is 5.82 Å². The van der Waals surface area contributed by atoms with Gasteiger partial charge in [0, 0.05) is 17.0 Å². The summed E-state index contributed by atoms with van der Waals surface area (Å²) in [7, 11) is 0. The number of anilines is 1. The molecule has 0 saturated heterocycles. The van der Waals surface area contributed by atoms with Crippen molar-refractivity contribution in [1.29, 1.82) is 0 Å². The van der Waals surface area contributed by atoms with Gasteiger partial charge in [-0.05, 0) is 37.5 Å². The first kappa shape index (κ1) is 17.4. The van der Waals surface area contributed by atoms with Gasteiger partial charge >= 0.3 is 0 Å². The number of amides is 1. The van der Waals surface area contributed by atoms with Gasteiger partial charge < -0.3 is 9.73 Å². The highest BCUT2D eigenvalue weighted by Crippen LogP contribution is 2.28. The van der Waals surface area contributed by atoms with Crippen LogP contribution < -0.4 is 5.32 Å². The van der Waals surface area contributed by atoms with Crippen molar-refractivity contribution in [1.82, 2.24) is 15.0 Å². The van der Waals surface area contributed by atoms with E-state index in [1.165, 1.54) is 6.42 Å². The van der Waals surface area contributed by atoms with E-state index >= 15 is 0 Å². The fourth-order valence-electron chi connectivity index (χ4n) is 3.52. The van der Waals surface area contributed by atoms with Crippen molar-refractivity contribution >= 4 is 11.7 Å². The van der Waals surface area contributed by atoms with Gasteiger partial charge in [0.05, 0.1) is 24.3 Å². The average molecular weight is 362 g/mol. The molecule has 0 spiro atoms. The number of nitrogens with one attached hydrogen (secondary N) is 1. The molecule has 0 radical (unpaired) electrons. The minimum Gasteiger partial charge on any atom is -0.445 e. The molecule has 6 heteroatoms. The summed E-state index contributed by atoms with van der Waals surface area (Å²) in [6.45, 7) is 2.02. The van der Waals surface area contributed by atoms with Crippen molar-refractivity contribution in [2.45, 2.75) is 39.0 Å². The molecular weight excluding hydrogens is 340 g/mol. The number of rotatable bonds is 4. The van der Waals surface area contributed by atoms with E-state index in [0.29, 0.717) is 11.7 Å². The van der Waals surface area contributed by atoms with E-state index in [1.807, 2.05) is 25.1 Å². The van der Waals surface area contributed by atoms with Gasteiger partial charge in [0.25, 0.3) is 0 Å². The minimum atomic E-state index is 0.0545. The predicted molar refractivity (Wildman–Crippen MR) is 103 cm³/mol. The number of hydrogen-bond donors (Lipinski definition) is 1. The number of benzene rings is 1. The number of oxazole rings is 1. The van der Waals surface area contributed by atoms with Gasteiger partial charge in [-0.25, -0.2) is 9.97 Å². The molecule has 0 unspecified atom stereocenters. The highest BCUT2D eigenvalue weighted by atomic mass is 16.3. The standard InChI is InChI=1S/C21H22N4O2/c1-14-7-8-16(21-22-9-10-27-21)11-17(14)18-12-24-19(13-23-18)25-20(26)15-5-3-2-4-6-15/h7-13,15H,2-6H2,1H3,(H,24,25,26). The normalized spacial score (nSPS) is 14.9. The first-order valence-corrected chi connectivity index (χ1v) is 9.34. The number of hydrogen-bond acceptors (Lipinski definition) is 5. The quantitative estimate of drug-likeness (QED) is 0.732. The third kappa shape index (κ3) is 3.89. The van der Waals surface area contributed by atoms with E-state index < -0.39 is 0 Å². The summed E-state index contributed by atoms with van der Waals surface area (Å²) in [5, 5.41) is 2.90. The number of carbonyl (C=O) groups is 1. The molecule has 27 heavy (non-hydrogen) atoms. The maximum Gasteiger partial charge on any atom is 0.228 e. The Morgan fingerprint density at radius 3 is 2.67 bits per heavy atom. The molecule has 0 atom stereocenters. The molecule has 1 aliphatic rings. The van der Waals surface area contributed by atoms with Gasteiger partial charge in [-0.1, -0.05) is 25.3 Å². The Labute approximate surface area is 158 Å². The molecule has 3 aromatic rings. The van der Waals surface area contributed by atoms with Crippen LogP contribution in [0.4, 0.5) is 5.82 Å². The molecule has 1 N–H and O–H groups in total. The average Bonchev–Trinajstić information content (AvgIpc) is 3.25. The van der Waals surface area contributed by atoms with Crippen LogP contribution in [0, 0.1) is 12.8 Å². The Bertz CT molecular complexity index is 914. The number of carbonyl (C=O) groups excluding carboxylic acids is 1. The molecule has 4 rings (SSSR count). The molecule has 1 amide bonds. The number of nitrogens with zero attached hydrogens (tertiary/aromatic N) is 3. The zero-order valence-corrected chi connectivity index (χ0v) is 15.3. The summed E-state index contributed by atoms with van der Waals surface area (Å²) in [6.07, 6.45) is 11.9. The molecule has 6 nitrogen and oxygen atoms in total. The Hall–Kier alpha value is -3.02. The predicted octanol–water partition coefficient (Wildman–Crippen LogP) is 4.63. The lowest BCUT2D eigenvalue weighted by Gasteiger charge is -2.20. The van der Waals surface area contributed by atoms with E-state index in [9.17, 15) is 4.79 Å². The lowest BCUT2D eigenvalue weighted by Crippen LogP contribution is -2.25. The van der Waals surface area contributed by atoms with Crippen LogP contribution in [0.1, 0.15) is 37.7 Å². The molecule has 0 bridgehead atoms. The Kier molecular flexibility index (Phi) is 4.96. The zero-order chi connectivity index (χ0) is 18.6. The Balaban J connectivity index is 1.52. The van der Waals surface area contributed by atoms with Crippen LogP contribution in [0.15, 0.2) is 47.5 Å². The SMILES string of the molecule is Cc1ccc(-c2ncco2)cc1-c1cnc(NC(=O)C2CCCCC2)cn1. The molecule has 0 aliphatic heterocycles. The monoisotopic (exact) mass is 362 g/mol. The zero-order valence-electron chi connectivity index (χ0n) is 15.3. The fraction of sp³-hybridized carbons (Fsp3) is 0.333. The molecule has 2 heterocycles. The van der Waals surface area contributed by atoms with Gasteiger partial charge in [-0.3, -0.25) is 9.78 Å². The van der Waals surface area contributed by atoms with Crippen molar-refractivity contribution in [3.63, 3.8) is 0 Å². The molecule has 1 aromatic carbocycles. The summed E-state index contributed by atoms with van der Waals surface area (Å²) in [5.74, 6) is 1.22. The van der Waals surface area contributed by atoms with Crippen molar-refractivity contribution in [2.75, 3.05) is 5.32 Å². The highest BCUT2D eigenvalue weighted by molar-refractivity contribution is 5.91. The topological polar surface area (TPSA) is 80.9 Å². The minimum absolute atomic E-state index is 0.0545. The highest BCUT2D eigenvalue weighted by Gasteiger charge is 2.21. The summed E-state index contributed by atoms with van der Waals surface area (Å²) in [5.41, 5.74) is 3.68. The second-order valence-corrected chi connectivity index (χ2v) is 6.98. The smallest absolute Gasteiger partial charge is 0.228 e. The molecule has 1 fully saturated rings. The summed E-state index contributed by atoms with van der Waals surface area (Å²) in [4.78, 5) is 25.4. The van der Waals surface area contributed by atoms with E-state index in [4.69, 9.17) is 4.42 Å². The summed E-state index contributed by atoms with van der Waals surface area (Å²) in [6, 6.07) is 5.97. The van der Waals surface area contributed by atoms with Gasteiger partial charge in [-0.15, -0.1) is 0 Å².